The van der Waals surface area contributed by atoms with Crippen LogP contribution in [0.1, 0.15) is 34.6 Å². The first kappa shape index (κ1) is 16.9. The van der Waals surface area contributed by atoms with E-state index < -0.39 is 8.32 Å². The second-order valence-corrected chi connectivity index (χ2v) is 11.4. The Kier molecular flexibility index (Phi) is 6.12. The highest BCUT2D eigenvalue weighted by Gasteiger charge is 2.37. The Morgan fingerprint density at radius 2 is 1.76 bits per heavy atom. The fraction of sp³-hybridized carbons (Fsp3) is 0.857. The van der Waals surface area contributed by atoms with Crippen LogP contribution >= 0.6 is 0 Å². The second kappa shape index (κ2) is 6.16. The molecule has 0 unspecified atom stereocenters. The largest absolute Gasteiger partial charge is 0.416 e. The van der Waals surface area contributed by atoms with Gasteiger partial charge in [0.1, 0.15) is 0 Å². The molecular formula is C14H30O2Si. The number of hydrogen-bond donors (Lipinski definition) is 1. The number of aliphatic hydroxyl groups is 1. The molecule has 0 aliphatic rings. The topological polar surface area (TPSA) is 29.5 Å². The van der Waals surface area contributed by atoms with Gasteiger partial charge in [0.15, 0.2) is 8.32 Å². The summed E-state index contributed by atoms with van der Waals surface area (Å²) in [5.74, 6) is 0.269. The highest BCUT2D eigenvalue weighted by Crippen LogP contribution is 2.37. The summed E-state index contributed by atoms with van der Waals surface area (Å²) in [5, 5.41) is 10.3. The SMILES string of the molecule is C=C[C@@H](C)[C@@H](O)[C@H](C)CO[Si](C)(C)C(C)(C)C. The van der Waals surface area contributed by atoms with E-state index in [1.165, 1.54) is 0 Å². The molecule has 2 nitrogen and oxygen atoms in total. The van der Waals surface area contributed by atoms with E-state index >= 15 is 0 Å². The molecule has 17 heavy (non-hydrogen) atoms. The standard InChI is InChI=1S/C14H30O2Si/c1-9-11(2)13(15)12(3)10-16-17(7,8)14(4,5)6/h9,11-13,15H,1,10H2,2-8H3/t11-,12-,13-/m1/s1. The molecule has 0 radical (unpaired) electrons. The van der Waals surface area contributed by atoms with Crippen LogP contribution in [0.5, 0.6) is 0 Å². The van der Waals surface area contributed by atoms with Gasteiger partial charge in [-0.2, -0.15) is 0 Å². The van der Waals surface area contributed by atoms with Crippen molar-refractivity contribution in [3.8, 4) is 0 Å². The van der Waals surface area contributed by atoms with Crippen molar-refractivity contribution in [2.45, 2.75) is 58.9 Å². The van der Waals surface area contributed by atoms with E-state index in [-0.39, 0.29) is 23.0 Å². The molecule has 0 saturated carbocycles. The summed E-state index contributed by atoms with van der Waals surface area (Å²) < 4.78 is 6.12. The Morgan fingerprint density at radius 3 is 2.12 bits per heavy atom. The lowest BCUT2D eigenvalue weighted by Crippen LogP contribution is -2.43. The summed E-state index contributed by atoms with van der Waals surface area (Å²) in [5.41, 5.74) is 0. The van der Waals surface area contributed by atoms with Gasteiger partial charge in [-0.05, 0) is 18.1 Å². The van der Waals surface area contributed by atoms with Crippen LogP contribution in [0.2, 0.25) is 18.1 Å². The molecule has 0 aliphatic heterocycles. The fourth-order valence-electron chi connectivity index (χ4n) is 1.31. The summed E-state index contributed by atoms with van der Waals surface area (Å²) >= 11 is 0. The van der Waals surface area contributed by atoms with Crippen molar-refractivity contribution in [3.05, 3.63) is 12.7 Å². The minimum atomic E-state index is -1.70. The van der Waals surface area contributed by atoms with Crippen LogP contribution in [0.4, 0.5) is 0 Å². The Bertz CT molecular complexity index is 243. The summed E-state index contributed by atoms with van der Waals surface area (Å²) in [6.07, 6.45) is 1.44. The van der Waals surface area contributed by atoms with Crippen LogP contribution in [0, 0.1) is 11.8 Å². The molecule has 0 aromatic carbocycles. The predicted octanol–water partition coefficient (Wildman–Crippen LogP) is 3.83. The summed E-state index contributed by atoms with van der Waals surface area (Å²) in [6, 6.07) is 0. The van der Waals surface area contributed by atoms with Gasteiger partial charge in [0.05, 0.1) is 6.10 Å². The van der Waals surface area contributed by atoms with Crippen LogP contribution in [-0.2, 0) is 4.43 Å². The predicted molar refractivity (Wildman–Crippen MR) is 77.7 cm³/mol. The molecule has 0 heterocycles. The van der Waals surface area contributed by atoms with Gasteiger partial charge in [-0.25, -0.2) is 0 Å². The zero-order chi connectivity index (χ0) is 13.9. The molecule has 1 N–H and O–H groups in total. The van der Waals surface area contributed by atoms with E-state index in [0.717, 1.165) is 0 Å². The summed E-state index contributed by atoms with van der Waals surface area (Å²) in [6.45, 7) is 19.5. The lowest BCUT2D eigenvalue weighted by Gasteiger charge is -2.37. The normalized spacial score (nSPS) is 18.6. The molecule has 0 spiro atoms. The second-order valence-electron chi connectivity index (χ2n) is 6.63. The molecular weight excluding hydrogens is 228 g/mol. The smallest absolute Gasteiger partial charge is 0.191 e. The molecule has 0 fully saturated rings. The van der Waals surface area contributed by atoms with Crippen LogP contribution < -0.4 is 0 Å². The van der Waals surface area contributed by atoms with Crippen molar-refractivity contribution in [2.75, 3.05) is 6.61 Å². The minimum absolute atomic E-state index is 0.119. The van der Waals surface area contributed by atoms with E-state index in [1.54, 1.807) is 6.08 Å². The van der Waals surface area contributed by atoms with Crippen LogP contribution in [-0.4, -0.2) is 26.1 Å². The molecule has 3 atom stereocenters. The van der Waals surface area contributed by atoms with Crippen LogP contribution in [0.25, 0.3) is 0 Å². The van der Waals surface area contributed by atoms with Gasteiger partial charge < -0.3 is 9.53 Å². The molecule has 0 aliphatic carbocycles. The maximum absolute atomic E-state index is 10.1. The lowest BCUT2D eigenvalue weighted by molar-refractivity contribution is 0.0540. The van der Waals surface area contributed by atoms with Gasteiger partial charge in [0.2, 0.25) is 0 Å². The number of aliphatic hydroxyl groups excluding tert-OH is 1. The highest BCUT2D eigenvalue weighted by atomic mass is 28.4. The maximum atomic E-state index is 10.1. The molecule has 3 heteroatoms. The maximum Gasteiger partial charge on any atom is 0.191 e. The van der Waals surface area contributed by atoms with Gasteiger partial charge in [0.25, 0.3) is 0 Å². The minimum Gasteiger partial charge on any atom is -0.416 e. The molecule has 0 bridgehead atoms. The Hall–Kier alpha value is -0.123. The third-order valence-electron chi connectivity index (χ3n) is 4.01. The molecule has 0 aromatic heterocycles. The highest BCUT2D eigenvalue weighted by molar-refractivity contribution is 6.74. The van der Waals surface area contributed by atoms with Crippen LogP contribution in [0.3, 0.4) is 0 Å². The van der Waals surface area contributed by atoms with E-state index in [2.05, 4.69) is 40.4 Å². The van der Waals surface area contributed by atoms with Gasteiger partial charge >= 0.3 is 0 Å². The Balaban J connectivity index is 4.34. The van der Waals surface area contributed by atoms with Crippen molar-refractivity contribution < 1.29 is 9.53 Å². The van der Waals surface area contributed by atoms with E-state index in [4.69, 9.17) is 4.43 Å². The summed E-state index contributed by atoms with van der Waals surface area (Å²) in [4.78, 5) is 0. The van der Waals surface area contributed by atoms with Gasteiger partial charge in [-0.1, -0.05) is 40.7 Å². The fourth-order valence-corrected chi connectivity index (χ4v) is 2.43. The molecule has 0 amide bonds. The molecule has 0 saturated heterocycles. The van der Waals surface area contributed by atoms with Crippen molar-refractivity contribution in [1.82, 2.24) is 0 Å². The number of rotatable bonds is 6. The third-order valence-corrected chi connectivity index (χ3v) is 8.51. The average molecular weight is 258 g/mol. The van der Waals surface area contributed by atoms with E-state index in [0.29, 0.717) is 6.61 Å². The quantitative estimate of drug-likeness (QED) is 0.579. The van der Waals surface area contributed by atoms with E-state index in [1.807, 2.05) is 13.8 Å². The Labute approximate surface area is 108 Å². The molecule has 0 rings (SSSR count). The average Bonchev–Trinajstić information content (AvgIpc) is 2.22. The van der Waals surface area contributed by atoms with Crippen molar-refractivity contribution in [3.63, 3.8) is 0 Å². The molecule has 102 valence electrons. The van der Waals surface area contributed by atoms with Gasteiger partial charge in [0, 0.05) is 18.4 Å². The zero-order valence-electron chi connectivity index (χ0n) is 12.6. The van der Waals surface area contributed by atoms with Crippen LogP contribution in [0.15, 0.2) is 12.7 Å². The molecule has 0 aromatic rings. The first-order valence-corrected chi connectivity index (χ1v) is 9.38. The van der Waals surface area contributed by atoms with Gasteiger partial charge in [-0.3, -0.25) is 0 Å². The van der Waals surface area contributed by atoms with E-state index in [9.17, 15) is 5.11 Å². The van der Waals surface area contributed by atoms with Crippen molar-refractivity contribution in [2.24, 2.45) is 11.8 Å². The third kappa shape index (κ3) is 4.94. The monoisotopic (exact) mass is 258 g/mol. The van der Waals surface area contributed by atoms with Crippen molar-refractivity contribution in [1.29, 1.82) is 0 Å². The van der Waals surface area contributed by atoms with Gasteiger partial charge in [-0.15, -0.1) is 6.58 Å². The zero-order valence-corrected chi connectivity index (χ0v) is 13.6. The first-order chi connectivity index (χ1) is 7.53. The first-order valence-electron chi connectivity index (χ1n) is 6.47. The lowest BCUT2D eigenvalue weighted by atomic mass is 9.94. The number of hydrogen-bond acceptors (Lipinski definition) is 2. The summed E-state index contributed by atoms with van der Waals surface area (Å²) in [7, 11) is -1.70. The van der Waals surface area contributed by atoms with Crippen molar-refractivity contribution >= 4 is 8.32 Å². The Morgan fingerprint density at radius 1 is 1.29 bits per heavy atom.